The number of para-hydroxylation sites is 1. The summed E-state index contributed by atoms with van der Waals surface area (Å²) in [5.41, 5.74) is 0.893. The lowest BCUT2D eigenvalue weighted by atomic mass is 10.1. The molecular weight excluding hydrogens is 346 g/mol. The van der Waals surface area contributed by atoms with Crippen molar-refractivity contribution >= 4 is 27.1 Å². The maximum atomic E-state index is 12.5. The number of hydrogen-bond donors (Lipinski definition) is 0. The molecule has 1 amide bonds. The lowest BCUT2D eigenvalue weighted by Gasteiger charge is -2.23. The van der Waals surface area contributed by atoms with Crippen molar-refractivity contribution in [2.24, 2.45) is 0 Å². The van der Waals surface area contributed by atoms with Gasteiger partial charge in [-0.3, -0.25) is 4.79 Å². The number of amides is 1. The van der Waals surface area contributed by atoms with Gasteiger partial charge in [-0.2, -0.15) is 0 Å². The zero-order valence-corrected chi connectivity index (χ0v) is 15.4. The Morgan fingerprint density at radius 2 is 1.92 bits per heavy atom. The molecule has 0 bridgehead atoms. The van der Waals surface area contributed by atoms with Crippen LogP contribution in [0.25, 0.3) is 0 Å². The first-order chi connectivity index (χ1) is 11.4. The van der Waals surface area contributed by atoms with Crippen LogP contribution in [0.1, 0.15) is 16.9 Å². The number of sulfone groups is 1. The van der Waals surface area contributed by atoms with E-state index in [9.17, 15) is 13.2 Å². The molecule has 1 aromatic heterocycles. The number of carbonyl (C=O) groups is 1. The molecule has 7 heteroatoms. The summed E-state index contributed by atoms with van der Waals surface area (Å²) in [4.78, 5) is 15.3. The first-order valence-corrected chi connectivity index (χ1v) is 10.4. The van der Waals surface area contributed by atoms with Gasteiger partial charge in [-0.1, -0.05) is 24.3 Å². The number of rotatable bonds is 8. The maximum absolute atomic E-state index is 12.5. The van der Waals surface area contributed by atoms with Gasteiger partial charge in [0.05, 0.1) is 19.4 Å². The molecule has 2 rings (SSSR count). The fourth-order valence-corrected chi connectivity index (χ4v) is 3.56. The zero-order valence-electron chi connectivity index (χ0n) is 13.8. The van der Waals surface area contributed by atoms with Crippen molar-refractivity contribution in [3.63, 3.8) is 0 Å². The Hall–Kier alpha value is -1.86. The van der Waals surface area contributed by atoms with Crippen molar-refractivity contribution in [1.82, 2.24) is 4.90 Å². The summed E-state index contributed by atoms with van der Waals surface area (Å²) in [6.45, 7) is 0.836. The SMILES string of the molecule is COc1ccccc1CN(Cc1cccs1)C(=O)CCS(C)(=O)=O. The van der Waals surface area contributed by atoms with Crippen molar-refractivity contribution in [3.05, 3.63) is 52.2 Å². The molecule has 0 saturated carbocycles. The van der Waals surface area contributed by atoms with Gasteiger partial charge in [-0.15, -0.1) is 11.3 Å². The summed E-state index contributed by atoms with van der Waals surface area (Å²) in [5.74, 6) is 0.392. The quantitative estimate of drug-likeness (QED) is 0.720. The Kier molecular flexibility index (Phi) is 6.39. The highest BCUT2D eigenvalue weighted by Gasteiger charge is 2.18. The molecule has 1 aromatic carbocycles. The number of hydrogen-bond acceptors (Lipinski definition) is 5. The predicted octanol–water partition coefficient (Wildman–Crippen LogP) is 2.72. The summed E-state index contributed by atoms with van der Waals surface area (Å²) in [7, 11) is -1.58. The molecule has 0 aliphatic carbocycles. The topological polar surface area (TPSA) is 63.7 Å². The summed E-state index contributed by atoms with van der Waals surface area (Å²) in [6.07, 6.45) is 1.13. The number of methoxy groups -OCH3 is 1. The van der Waals surface area contributed by atoms with Crippen molar-refractivity contribution in [2.75, 3.05) is 19.1 Å². The van der Waals surface area contributed by atoms with Crippen LogP contribution in [0, 0.1) is 0 Å². The van der Waals surface area contributed by atoms with Crippen LogP contribution >= 0.6 is 11.3 Å². The van der Waals surface area contributed by atoms with Gasteiger partial charge in [0, 0.05) is 29.7 Å². The zero-order chi connectivity index (χ0) is 17.6. The molecular formula is C17H21NO4S2. The van der Waals surface area contributed by atoms with E-state index in [1.807, 2.05) is 41.8 Å². The first kappa shape index (κ1) is 18.5. The highest BCUT2D eigenvalue weighted by atomic mass is 32.2. The number of ether oxygens (including phenoxy) is 1. The van der Waals surface area contributed by atoms with Crippen LogP contribution in [0.4, 0.5) is 0 Å². The Balaban J connectivity index is 2.17. The van der Waals surface area contributed by atoms with E-state index in [-0.39, 0.29) is 18.1 Å². The summed E-state index contributed by atoms with van der Waals surface area (Å²) in [6, 6.07) is 11.4. The van der Waals surface area contributed by atoms with E-state index in [1.165, 1.54) is 0 Å². The summed E-state index contributed by atoms with van der Waals surface area (Å²) in [5, 5.41) is 1.96. The van der Waals surface area contributed by atoms with Gasteiger partial charge in [-0.25, -0.2) is 8.42 Å². The monoisotopic (exact) mass is 367 g/mol. The number of carbonyl (C=O) groups excluding carboxylic acids is 1. The Labute approximate surface area is 146 Å². The van der Waals surface area contributed by atoms with Crippen LogP contribution in [-0.4, -0.2) is 38.3 Å². The summed E-state index contributed by atoms with van der Waals surface area (Å²) < 4.78 is 28.0. The number of benzene rings is 1. The molecule has 0 aliphatic heterocycles. The Morgan fingerprint density at radius 1 is 1.17 bits per heavy atom. The molecule has 24 heavy (non-hydrogen) atoms. The molecule has 0 aliphatic rings. The molecule has 1 heterocycles. The summed E-state index contributed by atoms with van der Waals surface area (Å²) >= 11 is 1.57. The third kappa shape index (κ3) is 5.65. The van der Waals surface area contributed by atoms with Gasteiger partial charge >= 0.3 is 0 Å². The fraction of sp³-hybridized carbons (Fsp3) is 0.353. The Morgan fingerprint density at radius 3 is 2.54 bits per heavy atom. The molecule has 0 spiro atoms. The van der Waals surface area contributed by atoms with Gasteiger partial charge in [0.25, 0.3) is 0 Å². The van der Waals surface area contributed by atoms with Crippen molar-refractivity contribution in [1.29, 1.82) is 0 Å². The molecule has 130 valence electrons. The van der Waals surface area contributed by atoms with Crippen LogP contribution in [-0.2, 0) is 27.7 Å². The first-order valence-electron chi connectivity index (χ1n) is 7.49. The van der Waals surface area contributed by atoms with E-state index in [0.717, 1.165) is 16.7 Å². The fourth-order valence-electron chi connectivity index (χ4n) is 2.29. The van der Waals surface area contributed by atoms with E-state index in [1.54, 1.807) is 23.3 Å². The Bertz CT molecular complexity index is 770. The average molecular weight is 367 g/mol. The highest BCUT2D eigenvalue weighted by molar-refractivity contribution is 7.90. The van der Waals surface area contributed by atoms with E-state index >= 15 is 0 Å². The molecule has 0 fully saturated rings. The second kappa shape index (κ2) is 8.30. The molecule has 0 saturated heterocycles. The van der Waals surface area contributed by atoms with Crippen molar-refractivity contribution in [3.8, 4) is 5.75 Å². The number of nitrogens with zero attached hydrogens (tertiary/aromatic N) is 1. The van der Waals surface area contributed by atoms with Crippen LogP contribution in [0.3, 0.4) is 0 Å². The normalized spacial score (nSPS) is 11.2. The second-order valence-electron chi connectivity index (χ2n) is 5.52. The lowest BCUT2D eigenvalue weighted by Crippen LogP contribution is -2.31. The predicted molar refractivity (Wildman–Crippen MR) is 95.9 cm³/mol. The molecule has 0 atom stereocenters. The van der Waals surface area contributed by atoms with Gasteiger partial charge in [0.15, 0.2) is 0 Å². The second-order valence-corrected chi connectivity index (χ2v) is 8.81. The molecule has 2 aromatic rings. The van der Waals surface area contributed by atoms with Gasteiger partial charge in [0.1, 0.15) is 15.6 Å². The minimum absolute atomic E-state index is 0.0145. The van der Waals surface area contributed by atoms with Crippen LogP contribution in [0.5, 0.6) is 5.75 Å². The van der Waals surface area contributed by atoms with E-state index in [0.29, 0.717) is 18.8 Å². The molecule has 5 nitrogen and oxygen atoms in total. The third-order valence-corrected chi connectivity index (χ3v) is 5.33. The smallest absolute Gasteiger partial charge is 0.224 e. The highest BCUT2D eigenvalue weighted by Crippen LogP contribution is 2.22. The van der Waals surface area contributed by atoms with Crippen LogP contribution in [0.2, 0.25) is 0 Å². The van der Waals surface area contributed by atoms with Crippen LogP contribution < -0.4 is 4.74 Å². The van der Waals surface area contributed by atoms with Crippen LogP contribution in [0.15, 0.2) is 41.8 Å². The van der Waals surface area contributed by atoms with Gasteiger partial charge in [0.2, 0.25) is 5.91 Å². The van der Waals surface area contributed by atoms with E-state index in [4.69, 9.17) is 4.74 Å². The minimum atomic E-state index is -3.17. The maximum Gasteiger partial charge on any atom is 0.224 e. The largest absolute Gasteiger partial charge is 0.496 e. The van der Waals surface area contributed by atoms with Gasteiger partial charge in [-0.05, 0) is 17.5 Å². The number of thiophene rings is 1. The minimum Gasteiger partial charge on any atom is -0.496 e. The standard InChI is InChI=1S/C17H21NO4S2/c1-22-16-8-4-3-6-14(16)12-18(13-15-7-5-10-23-15)17(19)9-11-24(2,20)21/h3-8,10H,9,11-13H2,1-2H3. The van der Waals surface area contributed by atoms with Gasteiger partial charge < -0.3 is 9.64 Å². The molecule has 0 unspecified atom stereocenters. The van der Waals surface area contributed by atoms with E-state index in [2.05, 4.69) is 0 Å². The van der Waals surface area contributed by atoms with Crippen molar-refractivity contribution in [2.45, 2.75) is 19.5 Å². The lowest BCUT2D eigenvalue weighted by molar-refractivity contribution is -0.132. The van der Waals surface area contributed by atoms with Crippen molar-refractivity contribution < 1.29 is 17.9 Å². The third-order valence-electron chi connectivity index (χ3n) is 3.52. The average Bonchev–Trinajstić information content (AvgIpc) is 3.05. The molecule has 0 radical (unpaired) electrons. The van der Waals surface area contributed by atoms with E-state index < -0.39 is 9.84 Å². The molecule has 0 N–H and O–H groups in total.